The Labute approximate surface area is 235 Å². The number of halogens is 3. The fraction of sp³-hybridized carbons (Fsp3) is 0.212. The third-order valence-electron chi connectivity index (χ3n) is 7.41. The van der Waals surface area contributed by atoms with Gasteiger partial charge in [0, 0.05) is 13.0 Å². The molecular formula is C33H28F3NO4. The third-order valence-corrected chi connectivity index (χ3v) is 7.41. The number of hydrogen-bond acceptors (Lipinski definition) is 3. The zero-order chi connectivity index (χ0) is 29.0. The molecule has 0 spiro atoms. The Morgan fingerprint density at radius 3 is 1.93 bits per heavy atom. The summed E-state index contributed by atoms with van der Waals surface area (Å²) >= 11 is 0. The molecule has 1 aliphatic heterocycles. The monoisotopic (exact) mass is 559 g/mol. The van der Waals surface area contributed by atoms with Crippen molar-refractivity contribution in [3.63, 3.8) is 0 Å². The lowest BCUT2D eigenvalue weighted by molar-refractivity contribution is -0.274. The van der Waals surface area contributed by atoms with Gasteiger partial charge in [0.15, 0.2) is 0 Å². The molecule has 4 aromatic rings. The van der Waals surface area contributed by atoms with Gasteiger partial charge in [-0.2, -0.15) is 0 Å². The van der Waals surface area contributed by atoms with E-state index in [0.29, 0.717) is 23.1 Å². The molecule has 1 heterocycles. The topological polar surface area (TPSA) is 66.8 Å². The number of hydrogen-bond donors (Lipinski definition) is 1. The van der Waals surface area contributed by atoms with Crippen LogP contribution in [0.4, 0.5) is 13.2 Å². The number of carbonyl (C=O) groups is 2. The number of benzene rings is 4. The second-order valence-electron chi connectivity index (χ2n) is 9.99. The lowest BCUT2D eigenvalue weighted by Gasteiger charge is -2.38. The normalized spacial score (nSPS) is 14.9. The summed E-state index contributed by atoms with van der Waals surface area (Å²) in [6.45, 7) is -0.0497. The van der Waals surface area contributed by atoms with Gasteiger partial charge in [-0.3, -0.25) is 4.79 Å². The van der Waals surface area contributed by atoms with Crippen molar-refractivity contribution in [2.45, 2.75) is 44.1 Å². The Kier molecular flexibility index (Phi) is 8.10. The van der Waals surface area contributed by atoms with Crippen LogP contribution < -0.4 is 4.74 Å². The molecule has 0 saturated carbocycles. The molecule has 1 atom stereocenters. The Balaban J connectivity index is 1.54. The number of rotatable bonds is 8. The van der Waals surface area contributed by atoms with Crippen molar-refractivity contribution in [1.29, 1.82) is 0 Å². The van der Waals surface area contributed by atoms with Gasteiger partial charge in [-0.25, -0.2) is 4.79 Å². The van der Waals surface area contributed by atoms with Crippen molar-refractivity contribution >= 4 is 11.9 Å². The van der Waals surface area contributed by atoms with Gasteiger partial charge in [0.05, 0.1) is 5.92 Å². The van der Waals surface area contributed by atoms with E-state index < -0.39 is 24.3 Å². The molecule has 1 unspecified atom stereocenters. The summed E-state index contributed by atoms with van der Waals surface area (Å²) in [4.78, 5) is 28.1. The molecule has 0 aromatic heterocycles. The highest BCUT2D eigenvalue weighted by Crippen LogP contribution is 2.38. The van der Waals surface area contributed by atoms with E-state index in [1.807, 2.05) is 91.0 Å². The van der Waals surface area contributed by atoms with E-state index >= 15 is 0 Å². The standard InChI is InChI=1S/C33H28F3NO4/c34-33(35,36)41-29-19-17-25-21-37(31(38)30(23-12-6-2-7-13-23)24-14-8-3-9-15-24)28(32(39)40)20-27(25)26(29)18-16-22-10-4-1-5-11-22/h1-15,17,19,28,30H,16,18,20-21H2,(H,39,40). The van der Waals surface area contributed by atoms with E-state index in [0.717, 1.165) is 16.7 Å². The molecule has 5 rings (SSSR count). The summed E-state index contributed by atoms with van der Waals surface area (Å²) < 4.78 is 44.4. The van der Waals surface area contributed by atoms with Gasteiger partial charge in [0.1, 0.15) is 11.8 Å². The van der Waals surface area contributed by atoms with Crippen LogP contribution in [0.1, 0.15) is 39.3 Å². The molecule has 5 nitrogen and oxygen atoms in total. The van der Waals surface area contributed by atoms with Crippen molar-refractivity contribution < 1.29 is 32.6 Å². The number of aryl methyl sites for hydroxylation is 1. The summed E-state index contributed by atoms with van der Waals surface area (Å²) in [5, 5.41) is 10.3. The maximum atomic E-state index is 14.2. The molecule has 1 N–H and O–H groups in total. The fourth-order valence-electron chi connectivity index (χ4n) is 5.51. The van der Waals surface area contributed by atoms with Gasteiger partial charge in [-0.15, -0.1) is 13.2 Å². The van der Waals surface area contributed by atoms with Gasteiger partial charge < -0.3 is 14.7 Å². The van der Waals surface area contributed by atoms with Crippen molar-refractivity contribution in [2.24, 2.45) is 0 Å². The summed E-state index contributed by atoms with van der Waals surface area (Å²) in [7, 11) is 0. The zero-order valence-electron chi connectivity index (χ0n) is 22.1. The average molecular weight is 560 g/mol. The molecule has 41 heavy (non-hydrogen) atoms. The number of carbonyl (C=O) groups excluding carboxylic acids is 1. The Morgan fingerprint density at radius 1 is 0.829 bits per heavy atom. The Bertz CT molecular complexity index is 1470. The highest BCUT2D eigenvalue weighted by atomic mass is 19.4. The highest BCUT2D eigenvalue weighted by molar-refractivity contribution is 5.91. The minimum atomic E-state index is -4.91. The van der Waals surface area contributed by atoms with Gasteiger partial charge in [0.2, 0.25) is 5.91 Å². The highest BCUT2D eigenvalue weighted by Gasteiger charge is 2.40. The van der Waals surface area contributed by atoms with E-state index in [2.05, 4.69) is 4.74 Å². The number of nitrogens with zero attached hydrogens (tertiary/aromatic N) is 1. The number of carboxylic acids is 1. The third kappa shape index (κ3) is 6.43. The molecule has 0 fully saturated rings. The van der Waals surface area contributed by atoms with Gasteiger partial charge >= 0.3 is 12.3 Å². The van der Waals surface area contributed by atoms with Crippen molar-refractivity contribution in [2.75, 3.05) is 0 Å². The maximum Gasteiger partial charge on any atom is 0.573 e. The first-order valence-electron chi connectivity index (χ1n) is 13.3. The minimum Gasteiger partial charge on any atom is -0.480 e. The lowest BCUT2D eigenvalue weighted by Crippen LogP contribution is -2.50. The molecule has 0 saturated heterocycles. The van der Waals surface area contributed by atoms with Crippen LogP contribution in [-0.2, 0) is 35.4 Å². The fourth-order valence-corrected chi connectivity index (χ4v) is 5.51. The number of aliphatic carboxylic acids is 1. The quantitative estimate of drug-likeness (QED) is 0.266. The van der Waals surface area contributed by atoms with Crippen LogP contribution in [0.3, 0.4) is 0 Å². The number of carboxylic acid groups (broad SMARTS) is 1. The van der Waals surface area contributed by atoms with Gasteiger partial charge in [0.25, 0.3) is 0 Å². The first-order chi connectivity index (χ1) is 19.7. The molecule has 4 aromatic carbocycles. The molecule has 210 valence electrons. The summed E-state index contributed by atoms with van der Waals surface area (Å²) in [5.74, 6) is -2.70. The summed E-state index contributed by atoms with van der Waals surface area (Å²) in [6.07, 6.45) is -4.38. The minimum absolute atomic E-state index is 0.0497. The summed E-state index contributed by atoms with van der Waals surface area (Å²) in [5.41, 5.74) is 3.76. The van der Waals surface area contributed by atoms with Crippen LogP contribution in [0.15, 0.2) is 103 Å². The van der Waals surface area contributed by atoms with Crippen molar-refractivity contribution in [3.8, 4) is 5.75 Å². The predicted octanol–water partition coefficient (Wildman–Crippen LogP) is 6.54. The number of ether oxygens (including phenoxy) is 1. The Morgan fingerprint density at radius 2 is 1.39 bits per heavy atom. The van der Waals surface area contributed by atoms with Crippen LogP contribution in [-0.4, -0.2) is 34.3 Å². The van der Waals surface area contributed by atoms with E-state index in [-0.39, 0.29) is 31.0 Å². The SMILES string of the molecule is O=C(O)C1Cc2c(ccc(OC(F)(F)F)c2CCc2ccccc2)CN1C(=O)C(c1ccccc1)c1ccccc1. The van der Waals surface area contributed by atoms with E-state index in [9.17, 15) is 27.9 Å². The van der Waals surface area contributed by atoms with Gasteiger partial charge in [-0.1, -0.05) is 97.1 Å². The average Bonchev–Trinajstić information content (AvgIpc) is 2.97. The van der Waals surface area contributed by atoms with Gasteiger partial charge in [-0.05, 0) is 52.3 Å². The Hall–Kier alpha value is -4.59. The lowest BCUT2D eigenvalue weighted by atomic mass is 9.84. The first-order valence-corrected chi connectivity index (χ1v) is 13.3. The molecule has 0 radical (unpaired) electrons. The largest absolute Gasteiger partial charge is 0.573 e. The smallest absolute Gasteiger partial charge is 0.480 e. The first kappa shape index (κ1) is 28.0. The number of alkyl halides is 3. The number of fused-ring (bicyclic) bond motifs is 1. The predicted molar refractivity (Wildman–Crippen MR) is 147 cm³/mol. The van der Waals surface area contributed by atoms with Crippen LogP contribution in [0, 0.1) is 0 Å². The molecule has 1 amide bonds. The summed E-state index contributed by atoms with van der Waals surface area (Å²) in [6, 6.07) is 29.1. The van der Waals surface area contributed by atoms with E-state index in [1.54, 1.807) is 0 Å². The second kappa shape index (κ2) is 11.9. The zero-order valence-corrected chi connectivity index (χ0v) is 22.1. The van der Waals surface area contributed by atoms with Crippen molar-refractivity contribution in [3.05, 3.63) is 137 Å². The number of amides is 1. The molecule has 8 heteroatoms. The molecule has 0 bridgehead atoms. The second-order valence-corrected chi connectivity index (χ2v) is 9.99. The van der Waals surface area contributed by atoms with E-state index in [1.165, 1.54) is 17.0 Å². The van der Waals surface area contributed by atoms with Crippen molar-refractivity contribution in [1.82, 2.24) is 4.90 Å². The van der Waals surface area contributed by atoms with E-state index in [4.69, 9.17) is 0 Å². The van der Waals surface area contributed by atoms with Crippen LogP contribution in [0.25, 0.3) is 0 Å². The maximum absolute atomic E-state index is 14.2. The molecule has 1 aliphatic rings. The van der Waals surface area contributed by atoms with Crippen LogP contribution >= 0.6 is 0 Å². The molecule has 0 aliphatic carbocycles. The molecular weight excluding hydrogens is 531 g/mol. The van der Waals surface area contributed by atoms with Crippen LogP contribution in [0.2, 0.25) is 0 Å². The van der Waals surface area contributed by atoms with Crippen LogP contribution in [0.5, 0.6) is 5.75 Å².